The lowest BCUT2D eigenvalue weighted by atomic mass is 9.80. The van der Waals surface area contributed by atoms with Gasteiger partial charge in [0.25, 0.3) is 5.69 Å². The van der Waals surface area contributed by atoms with Crippen molar-refractivity contribution in [2.24, 2.45) is 0 Å². The maximum atomic E-state index is 11.0. The van der Waals surface area contributed by atoms with E-state index in [0.717, 1.165) is 19.3 Å². The number of nitrogens with zero attached hydrogens (tertiary/aromatic N) is 1. The van der Waals surface area contributed by atoms with Crippen LogP contribution in [0.4, 0.5) is 11.4 Å². The molecule has 0 radical (unpaired) electrons. The minimum absolute atomic E-state index is 0.0930. The summed E-state index contributed by atoms with van der Waals surface area (Å²) in [6.45, 7) is 2.08. The number of para-hydroxylation sites is 1. The van der Waals surface area contributed by atoms with Gasteiger partial charge in [-0.1, -0.05) is 12.1 Å². The zero-order valence-electron chi connectivity index (χ0n) is 9.77. The van der Waals surface area contributed by atoms with Gasteiger partial charge in [0.2, 0.25) is 0 Å². The van der Waals surface area contributed by atoms with Gasteiger partial charge in [-0.2, -0.15) is 0 Å². The monoisotopic (exact) mass is 236 g/mol. The Kier molecular flexibility index (Phi) is 3.02. The lowest BCUT2D eigenvalue weighted by Crippen LogP contribution is -2.43. The molecular formula is C12H16N2O3. The van der Waals surface area contributed by atoms with E-state index in [0.29, 0.717) is 17.8 Å². The minimum Gasteiger partial charge on any atom is -0.388 e. The summed E-state index contributed by atoms with van der Waals surface area (Å²) in [5.41, 5.74) is 0.517. The molecule has 0 atom stereocenters. The average Bonchev–Trinajstić information content (AvgIpc) is 2.23. The molecule has 92 valence electrons. The molecule has 0 aliphatic heterocycles. The Morgan fingerprint density at radius 1 is 1.53 bits per heavy atom. The molecule has 0 heterocycles. The van der Waals surface area contributed by atoms with Crippen LogP contribution in [0.3, 0.4) is 0 Å². The Morgan fingerprint density at radius 2 is 2.24 bits per heavy atom. The van der Waals surface area contributed by atoms with Crippen LogP contribution in [0.25, 0.3) is 0 Å². The van der Waals surface area contributed by atoms with Crippen LogP contribution in [-0.4, -0.2) is 22.2 Å². The van der Waals surface area contributed by atoms with Crippen LogP contribution in [0.1, 0.15) is 24.8 Å². The van der Waals surface area contributed by atoms with E-state index in [4.69, 9.17) is 0 Å². The van der Waals surface area contributed by atoms with E-state index < -0.39 is 5.60 Å². The van der Waals surface area contributed by atoms with Gasteiger partial charge in [0, 0.05) is 12.1 Å². The topological polar surface area (TPSA) is 75.4 Å². The fourth-order valence-electron chi connectivity index (χ4n) is 2.07. The van der Waals surface area contributed by atoms with Crippen molar-refractivity contribution in [3.8, 4) is 0 Å². The van der Waals surface area contributed by atoms with Crippen LogP contribution < -0.4 is 5.32 Å². The SMILES string of the molecule is Cc1cccc(NCC2(O)CCC2)c1[N+](=O)[O-]. The Labute approximate surface area is 99.6 Å². The van der Waals surface area contributed by atoms with Gasteiger partial charge >= 0.3 is 0 Å². The maximum absolute atomic E-state index is 11.0. The molecule has 0 bridgehead atoms. The fourth-order valence-corrected chi connectivity index (χ4v) is 2.07. The molecule has 1 aliphatic carbocycles. The van der Waals surface area contributed by atoms with Gasteiger partial charge in [0.05, 0.1) is 10.5 Å². The van der Waals surface area contributed by atoms with Gasteiger partial charge < -0.3 is 10.4 Å². The normalized spacial score (nSPS) is 17.3. The van der Waals surface area contributed by atoms with Crippen LogP contribution in [-0.2, 0) is 0 Å². The van der Waals surface area contributed by atoms with E-state index in [1.807, 2.05) is 0 Å². The first-order chi connectivity index (χ1) is 8.02. The lowest BCUT2D eigenvalue weighted by Gasteiger charge is -2.36. The third-order valence-corrected chi connectivity index (χ3v) is 3.31. The molecule has 5 nitrogen and oxygen atoms in total. The molecule has 1 saturated carbocycles. The van der Waals surface area contributed by atoms with Gasteiger partial charge in [-0.3, -0.25) is 10.1 Å². The molecule has 1 fully saturated rings. The number of benzene rings is 1. The van der Waals surface area contributed by atoms with Crippen molar-refractivity contribution in [1.82, 2.24) is 0 Å². The van der Waals surface area contributed by atoms with E-state index in [1.165, 1.54) is 0 Å². The minimum atomic E-state index is -0.683. The Hall–Kier alpha value is -1.62. The first-order valence-electron chi connectivity index (χ1n) is 5.72. The van der Waals surface area contributed by atoms with Crippen molar-refractivity contribution in [3.05, 3.63) is 33.9 Å². The van der Waals surface area contributed by atoms with Crippen molar-refractivity contribution in [2.75, 3.05) is 11.9 Å². The largest absolute Gasteiger partial charge is 0.388 e. The van der Waals surface area contributed by atoms with Crippen molar-refractivity contribution < 1.29 is 10.0 Å². The van der Waals surface area contributed by atoms with E-state index in [2.05, 4.69) is 5.32 Å². The molecule has 0 saturated heterocycles. The van der Waals surface area contributed by atoms with Crippen LogP contribution >= 0.6 is 0 Å². The van der Waals surface area contributed by atoms with E-state index in [-0.39, 0.29) is 10.6 Å². The molecule has 17 heavy (non-hydrogen) atoms. The lowest BCUT2D eigenvalue weighted by molar-refractivity contribution is -0.384. The second kappa shape index (κ2) is 4.33. The zero-order valence-corrected chi connectivity index (χ0v) is 9.77. The second-order valence-electron chi connectivity index (χ2n) is 4.66. The van der Waals surface area contributed by atoms with Gasteiger partial charge in [0.15, 0.2) is 0 Å². The summed E-state index contributed by atoms with van der Waals surface area (Å²) >= 11 is 0. The summed E-state index contributed by atoms with van der Waals surface area (Å²) in [6.07, 6.45) is 2.55. The van der Waals surface area contributed by atoms with Gasteiger partial charge in [-0.15, -0.1) is 0 Å². The second-order valence-corrected chi connectivity index (χ2v) is 4.66. The van der Waals surface area contributed by atoms with E-state index >= 15 is 0 Å². The standard InChI is InChI=1S/C12H16N2O3/c1-9-4-2-5-10(11(9)14(16)17)13-8-12(15)6-3-7-12/h2,4-5,13,15H,3,6-8H2,1H3. The van der Waals surface area contributed by atoms with E-state index in [9.17, 15) is 15.2 Å². The highest BCUT2D eigenvalue weighted by Gasteiger charge is 2.34. The number of rotatable bonds is 4. The molecule has 2 rings (SSSR count). The molecule has 0 spiro atoms. The first-order valence-corrected chi connectivity index (χ1v) is 5.72. The zero-order chi connectivity index (χ0) is 12.5. The number of hydrogen-bond donors (Lipinski definition) is 2. The highest BCUT2D eigenvalue weighted by molar-refractivity contribution is 5.65. The van der Waals surface area contributed by atoms with E-state index in [1.54, 1.807) is 25.1 Å². The highest BCUT2D eigenvalue weighted by Crippen LogP contribution is 2.33. The van der Waals surface area contributed by atoms with Crippen molar-refractivity contribution >= 4 is 11.4 Å². The third kappa shape index (κ3) is 2.39. The number of anilines is 1. The molecule has 2 N–H and O–H groups in total. The number of aryl methyl sites for hydroxylation is 1. The quantitative estimate of drug-likeness (QED) is 0.621. The van der Waals surface area contributed by atoms with Crippen LogP contribution in [0.2, 0.25) is 0 Å². The summed E-state index contributed by atoms with van der Waals surface area (Å²) < 4.78 is 0. The summed E-state index contributed by atoms with van der Waals surface area (Å²) in [6, 6.07) is 5.16. The summed E-state index contributed by atoms with van der Waals surface area (Å²) in [4.78, 5) is 10.6. The molecule has 5 heteroatoms. The predicted octanol–water partition coefficient (Wildman–Crippen LogP) is 2.23. The molecule has 0 amide bonds. The number of nitro groups is 1. The van der Waals surface area contributed by atoms with Crippen molar-refractivity contribution in [2.45, 2.75) is 31.8 Å². The molecular weight excluding hydrogens is 220 g/mol. The Bertz CT molecular complexity index is 441. The molecule has 1 aliphatic rings. The Balaban J connectivity index is 2.15. The average molecular weight is 236 g/mol. The third-order valence-electron chi connectivity index (χ3n) is 3.31. The van der Waals surface area contributed by atoms with Crippen molar-refractivity contribution in [1.29, 1.82) is 0 Å². The maximum Gasteiger partial charge on any atom is 0.295 e. The molecule has 1 aromatic rings. The van der Waals surface area contributed by atoms with Crippen molar-refractivity contribution in [3.63, 3.8) is 0 Å². The molecule has 0 unspecified atom stereocenters. The number of nitro benzene ring substituents is 1. The van der Waals surface area contributed by atoms with Crippen LogP contribution in [0.5, 0.6) is 0 Å². The summed E-state index contributed by atoms with van der Waals surface area (Å²) in [5.74, 6) is 0. The fraction of sp³-hybridized carbons (Fsp3) is 0.500. The summed E-state index contributed by atoms with van der Waals surface area (Å²) in [7, 11) is 0. The van der Waals surface area contributed by atoms with Gasteiger partial charge in [0.1, 0.15) is 5.69 Å². The van der Waals surface area contributed by atoms with Crippen LogP contribution in [0, 0.1) is 17.0 Å². The highest BCUT2D eigenvalue weighted by atomic mass is 16.6. The number of nitrogens with one attached hydrogen (secondary N) is 1. The predicted molar refractivity (Wildman–Crippen MR) is 65.1 cm³/mol. The smallest absolute Gasteiger partial charge is 0.295 e. The summed E-state index contributed by atoms with van der Waals surface area (Å²) in [5, 5.41) is 23.9. The molecule has 1 aromatic carbocycles. The van der Waals surface area contributed by atoms with Crippen LogP contribution in [0.15, 0.2) is 18.2 Å². The van der Waals surface area contributed by atoms with Gasteiger partial charge in [-0.25, -0.2) is 0 Å². The van der Waals surface area contributed by atoms with Gasteiger partial charge in [-0.05, 0) is 32.3 Å². The number of hydrogen-bond acceptors (Lipinski definition) is 4. The Morgan fingerprint density at radius 3 is 2.76 bits per heavy atom. The number of aliphatic hydroxyl groups is 1. The first kappa shape index (κ1) is 11.9. The molecule has 0 aromatic heterocycles.